The molecule has 0 saturated heterocycles. The second kappa shape index (κ2) is 5.12. The number of rotatable bonds is 3. The minimum atomic E-state index is -0.587. The summed E-state index contributed by atoms with van der Waals surface area (Å²) < 4.78 is 26.5. The Morgan fingerprint density at radius 1 is 1.39 bits per heavy atom. The smallest absolute Gasteiger partial charge is 0.136 e. The normalized spacial score (nSPS) is 12.7. The number of halogens is 2. The predicted molar refractivity (Wildman–Crippen MR) is 69.7 cm³/mol. The fraction of sp³-hybridized carbons (Fsp3) is 0.308. The average Bonchev–Trinajstić information content (AvgIpc) is 2.70. The third-order valence-corrected chi connectivity index (χ3v) is 4.22. The first-order valence-electron chi connectivity index (χ1n) is 5.65. The largest absolute Gasteiger partial charge is 0.330 e. The molecule has 1 unspecified atom stereocenters. The number of aryl methyl sites for hydroxylation is 1. The number of aromatic nitrogens is 1. The number of hydrogen-bond donors (Lipinski definition) is 1. The molecule has 0 radical (unpaired) electrons. The van der Waals surface area contributed by atoms with E-state index in [-0.39, 0.29) is 5.92 Å². The van der Waals surface area contributed by atoms with Crippen LogP contribution in [0, 0.1) is 18.6 Å². The lowest BCUT2D eigenvalue weighted by Gasteiger charge is -2.04. The van der Waals surface area contributed by atoms with E-state index in [9.17, 15) is 8.78 Å². The summed E-state index contributed by atoms with van der Waals surface area (Å²) in [4.78, 5) is 5.39. The van der Waals surface area contributed by atoms with E-state index in [4.69, 9.17) is 5.73 Å². The number of benzene rings is 1. The standard InChI is InChI=1S/C13H14F2N2S/c1-7(6-16)12-8(2)17-13(18-12)10-4-3-9(14)5-11(10)15/h3-5,7H,6,16H2,1-2H3. The number of nitrogens with zero attached hydrogens (tertiary/aromatic N) is 1. The molecular formula is C13H14F2N2S. The lowest BCUT2D eigenvalue weighted by Crippen LogP contribution is -2.08. The van der Waals surface area contributed by atoms with Gasteiger partial charge in [-0.3, -0.25) is 0 Å². The Balaban J connectivity index is 2.45. The molecule has 0 amide bonds. The predicted octanol–water partition coefficient (Wildman–Crippen LogP) is 3.46. The molecule has 0 aliphatic carbocycles. The van der Waals surface area contributed by atoms with Crippen molar-refractivity contribution in [2.75, 3.05) is 6.54 Å². The highest BCUT2D eigenvalue weighted by molar-refractivity contribution is 7.15. The summed E-state index contributed by atoms with van der Waals surface area (Å²) in [6.45, 7) is 4.41. The Kier molecular flexibility index (Phi) is 3.73. The first-order valence-corrected chi connectivity index (χ1v) is 6.47. The molecule has 0 fully saturated rings. The van der Waals surface area contributed by atoms with E-state index in [2.05, 4.69) is 4.98 Å². The van der Waals surface area contributed by atoms with Crippen LogP contribution in [0.2, 0.25) is 0 Å². The van der Waals surface area contributed by atoms with Crippen molar-refractivity contribution >= 4 is 11.3 Å². The van der Waals surface area contributed by atoms with Gasteiger partial charge in [0.1, 0.15) is 16.6 Å². The van der Waals surface area contributed by atoms with Gasteiger partial charge in [-0.2, -0.15) is 0 Å². The minimum Gasteiger partial charge on any atom is -0.330 e. The molecule has 0 aliphatic heterocycles. The van der Waals surface area contributed by atoms with Gasteiger partial charge in [-0.15, -0.1) is 11.3 Å². The molecule has 0 saturated carbocycles. The molecular weight excluding hydrogens is 254 g/mol. The zero-order valence-corrected chi connectivity index (χ0v) is 11.0. The zero-order valence-electron chi connectivity index (χ0n) is 10.2. The van der Waals surface area contributed by atoms with Crippen LogP contribution >= 0.6 is 11.3 Å². The topological polar surface area (TPSA) is 38.9 Å². The van der Waals surface area contributed by atoms with Crippen LogP contribution in [0.15, 0.2) is 18.2 Å². The molecule has 1 atom stereocenters. The average molecular weight is 268 g/mol. The number of thiazole rings is 1. The van der Waals surface area contributed by atoms with Crippen LogP contribution in [-0.2, 0) is 0 Å². The molecule has 5 heteroatoms. The highest BCUT2D eigenvalue weighted by Crippen LogP contribution is 2.33. The second-order valence-electron chi connectivity index (χ2n) is 4.23. The van der Waals surface area contributed by atoms with Gasteiger partial charge >= 0.3 is 0 Å². The van der Waals surface area contributed by atoms with E-state index in [1.54, 1.807) is 0 Å². The highest BCUT2D eigenvalue weighted by Gasteiger charge is 2.16. The first-order chi connectivity index (χ1) is 8.52. The molecule has 1 heterocycles. The van der Waals surface area contributed by atoms with E-state index in [1.165, 1.54) is 23.5 Å². The van der Waals surface area contributed by atoms with Crippen molar-refractivity contribution in [1.29, 1.82) is 0 Å². The third-order valence-electron chi connectivity index (χ3n) is 2.80. The number of hydrogen-bond acceptors (Lipinski definition) is 3. The summed E-state index contributed by atoms with van der Waals surface area (Å²) in [5.74, 6) is -0.976. The van der Waals surface area contributed by atoms with Crippen LogP contribution < -0.4 is 5.73 Å². The maximum atomic E-state index is 13.7. The first kappa shape index (κ1) is 13.1. The van der Waals surface area contributed by atoms with Crippen molar-refractivity contribution < 1.29 is 8.78 Å². The van der Waals surface area contributed by atoms with Crippen LogP contribution in [0.1, 0.15) is 23.4 Å². The van der Waals surface area contributed by atoms with Gasteiger partial charge in [-0.05, 0) is 25.6 Å². The van der Waals surface area contributed by atoms with Crippen molar-refractivity contribution in [3.05, 3.63) is 40.4 Å². The lowest BCUT2D eigenvalue weighted by atomic mass is 10.1. The molecule has 1 aromatic carbocycles. The minimum absolute atomic E-state index is 0.194. The van der Waals surface area contributed by atoms with Crippen LogP contribution in [0.5, 0.6) is 0 Å². The summed E-state index contributed by atoms with van der Waals surface area (Å²) in [6, 6.07) is 3.53. The van der Waals surface area contributed by atoms with Crippen LogP contribution in [0.3, 0.4) is 0 Å². The Labute approximate surface area is 108 Å². The van der Waals surface area contributed by atoms with Gasteiger partial charge in [0, 0.05) is 22.4 Å². The van der Waals surface area contributed by atoms with Crippen LogP contribution in [-0.4, -0.2) is 11.5 Å². The molecule has 1 aromatic heterocycles. The molecule has 96 valence electrons. The summed E-state index contributed by atoms with van der Waals surface area (Å²) in [5.41, 5.74) is 6.82. The van der Waals surface area contributed by atoms with E-state index in [1.807, 2.05) is 13.8 Å². The van der Waals surface area contributed by atoms with Crippen molar-refractivity contribution in [1.82, 2.24) is 4.98 Å². The van der Waals surface area contributed by atoms with Gasteiger partial charge in [0.15, 0.2) is 0 Å². The third kappa shape index (κ3) is 2.42. The van der Waals surface area contributed by atoms with E-state index >= 15 is 0 Å². The van der Waals surface area contributed by atoms with Crippen molar-refractivity contribution in [2.45, 2.75) is 19.8 Å². The highest BCUT2D eigenvalue weighted by atomic mass is 32.1. The zero-order chi connectivity index (χ0) is 13.3. The van der Waals surface area contributed by atoms with Crippen LogP contribution in [0.25, 0.3) is 10.6 Å². The SMILES string of the molecule is Cc1nc(-c2ccc(F)cc2F)sc1C(C)CN. The van der Waals surface area contributed by atoms with Gasteiger partial charge in [-0.25, -0.2) is 13.8 Å². The second-order valence-corrected chi connectivity index (χ2v) is 5.26. The van der Waals surface area contributed by atoms with E-state index in [0.29, 0.717) is 17.1 Å². The summed E-state index contributed by atoms with van der Waals surface area (Å²) in [6.07, 6.45) is 0. The summed E-state index contributed by atoms with van der Waals surface area (Å²) >= 11 is 1.41. The van der Waals surface area contributed by atoms with Gasteiger partial charge in [-0.1, -0.05) is 6.92 Å². The van der Waals surface area contributed by atoms with Gasteiger partial charge in [0.05, 0.1) is 5.69 Å². The Hall–Kier alpha value is -1.33. The van der Waals surface area contributed by atoms with Crippen molar-refractivity contribution in [3.8, 4) is 10.6 Å². The Morgan fingerprint density at radius 3 is 2.72 bits per heavy atom. The van der Waals surface area contributed by atoms with Crippen molar-refractivity contribution in [2.24, 2.45) is 5.73 Å². The van der Waals surface area contributed by atoms with E-state index < -0.39 is 11.6 Å². The molecule has 2 N–H and O–H groups in total. The summed E-state index contributed by atoms with van der Waals surface area (Å²) in [5, 5.41) is 0.570. The molecule has 0 bridgehead atoms. The van der Waals surface area contributed by atoms with Gasteiger partial charge in [0.2, 0.25) is 0 Å². The number of nitrogens with two attached hydrogens (primary N) is 1. The van der Waals surface area contributed by atoms with E-state index in [0.717, 1.165) is 16.6 Å². The van der Waals surface area contributed by atoms with Gasteiger partial charge in [0.25, 0.3) is 0 Å². The molecule has 2 rings (SSSR count). The molecule has 2 nitrogen and oxygen atoms in total. The Bertz CT molecular complexity index is 566. The molecule has 18 heavy (non-hydrogen) atoms. The summed E-state index contributed by atoms with van der Waals surface area (Å²) in [7, 11) is 0. The maximum Gasteiger partial charge on any atom is 0.136 e. The molecule has 2 aromatic rings. The maximum absolute atomic E-state index is 13.7. The molecule has 0 aliphatic rings. The van der Waals surface area contributed by atoms with Crippen LogP contribution in [0.4, 0.5) is 8.78 Å². The quantitative estimate of drug-likeness (QED) is 0.926. The van der Waals surface area contributed by atoms with Crippen molar-refractivity contribution in [3.63, 3.8) is 0 Å². The Morgan fingerprint density at radius 2 is 2.11 bits per heavy atom. The fourth-order valence-electron chi connectivity index (χ4n) is 1.75. The molecule has 0 spiro atoms. The monoisotopic (exact) mass is 268 g/mol. The van der Waals surface area contributed by atoms with Gasteiger partial charge < -0.3 is 5.73 Å². The lowest BCUT2D eigenvalue weighted by molar-refractivity contribution is 0.585. The fourth-order valence-corrected chi connectivity index (χ4v) is 2.91.